The summed E-state index contributed by atoms with van der Waals surface area (Å²) in [4.78, 5) is 2.37. The highest BCUT2D eigenvalue weighted by molar-refractivity contribution is 5.50. The molecule has 0 saturated heterocycles. The van der Waals surface area contributed by atoms with E-state index in [4.69, 9.17) is 0 Å². The lowest BCUT2D eigenvalue weighted by atomic mass is 10.0. The molecule has 1 N–H and O–H groups in total. The molecule has 114 valence electrons. The van der Waals surface area contributed by atoms with Crippen molar-refractivity contribution in [2.75, 3.05) is 18.5 Å². The average Bonchev–Trinajstić information content (AvgIpc) is 2.38. The first-order valence-corrected chi connectivity index (χ1v) is 7.72. The molecular formula is C17H29FN2. The van der Waals surface area contributed by atoms with Gasteiger partial charge in [-0.05, 0) is 49.6 Å². The van der Waals surface area contributed by atoms with Crippen molar-refractivity contribution in [3.63, 3.8) is 0 Å². The zero-order chi connectivity index (χ0) is 15.1. The van der Waals surface area contributed by atoms with Crippen LogP contribution in [0.15, 0.2) is 18.2 Å². The van der Waals surface area contributed by atoms with Crippen molar-refractivity contribution in [2.24, 2.45) is 5.92 Å². The predicted molar refractivity (Wildman–Crippen MR) is 85.7 cm³/mol. The largest absolute Gasteiger partial charge is 0.368 e. The number of nitrogens with zero attached hydrogens (tertiary/aromatic N) is 1. The minimum absolute atomic E-state index is 0.146. The zero-order valence-corrected chi connectivity index (χ0v) is 13.5. The Kier molecular flexibility index (Phi) is 7.00. The van der Waals surface area contributed by atoms with Crippen LogP contribution in [0.3, 0.4) is 0 Å². The third-order valence-electron chi connectivity index (χ3n) is 3.60. The van der Waals surface area contributed by atoms with E-state index < -0.39 is 0 Å². The summed E-state index contributed by atoms with van der Waals surface area (Å²) >= 11 is 0. The summed E-state index contributed by atoms with van der Waals surface area (Å²) in [5.41, 5.74) is 2.01. The Hall–Kier alpha value is -1.09. The van der Waals surface area contributed by atoms with Gasteiger partial charge in [0.15, 0.2) is 0 Å². The molecule has 0 saturated carbocycles. The van der Waals surface area contributed by atoms with Gasteiger partial charge < -0.3 is 10.2 Å². The molecule has 0 unspecified atom stereocenters. The van der Waals surface area contributed by atoms with E-state index in [9.17, 15) is 4.39 Å². The minimum atomic E-state index is -0.146. The summed E-state index contributed by atoms with van der Waals surface area (Å²) in [5.74, 6) is 0.416. The molecule has 0 atom stereocenters. The highest BCUT2D eigenvalue weighted by atomic mass is 19.1. The van der Waals surface area contributed by atoms with Gasteiger partial charge in [-0.3, -0.25) is 0 Å². The minimum Gasteiger partial charge on any atom is -0.368 e. The summed E-state index contributed by atoms with van der Waals surface area (Å²) in [5, 5.41) is 3.09. The van der Waals surface area contributed by atoms with Crippen LogP contribution >= 0.6 is 0 Å². The highest BCUT2D eigenvalue weighted by Crippen LogP contribution is 2.24. The van der Waals surface area contributed by atoms with Crippen LogP contribution in [0, 0.1) is 11.7 Å². The molecule has 0 bridgehead atoms. The third kappa shape index (κ3) is 4.78. The summed E-state index contributed by atoms with van der Waals surface area (Å²) in [6.07, 6.45) is 2.17. The zero-order valence-electron chi connectivity index (χ0n) is 13.5. The Morgan fingerprint density at radius 3 is 2.30 bits per heavy atom. The van der Waals surface area contributed by atoms with E-state index in [1.807, 2.05) is 7.05 Å². The van der Waals surface area contributed by atoms with Gasteiger partial charge >= 0.3 is 0 Å². The van der Waals surface area contributed by atoms with E-state index in [1.54, 1.807) is 12.1 Å². The molecule has 0 aromatic heterocycles. The predicted octanol–water partition coefficient (Wildman–Crippen LogP) is 4.20. The first kappa shape index (κ1) is 17.0. The van der Waals surface area contributed by atoms with Crippen molar-refractivity contribution < 1.29 is 4.39 Å². The average molecular weight is 280 g/mol. The molecule has 0 aliphatic carbocycles. The molecule has 0 radical (unpaired) electrons. The van der Waals surface area contributed by atoms with E-state index in [1.165, 1.54) is 0 Å². The maximum atomic E-state index is 13.9. The Morgan fingerprint density at radius 1 is 1.15 bits per heavy atom. The van der Waals surface area contributed by atoms with Crippen LogP contribution in [-0.4, -0.2) is 19.6 Å². The molecular weight excluding hydrogens is 251 g/mol. The van der Waals surface area contributed by atoms with Crippen LogP contribution in [0.25, 0.3) is 0 Å². The van der Waals surface area contributed by atoms with Gasteiger partial charge in [-0.2, -0.15) is 0 Å². The molecule has 0 heterocycles. The lowest BCUT2D eigenvalue weighted by Gasteiger charge is -2.34. The lowest BCUT2D eigenvalue weighted by Crippen LogP contribution is -2.37. The fraction of sp³-hybridized carbons (Fsp3) is 0.647. The number of hydrogen-bond acceptors (Lipinski definition) is 2. The molecule has 1 aromatic rings. The highest BCUT2D eigenvalue weighted by Gasteiger charge is 2.18. The van der Waals surface area contributed by atoms with Gasteiger partial charge in [-0.15, -0.1) is 0 Å². The number of nitrogens with one attached hydrogen (secondary N) is 1. The molecule has 3 heteroatoms. The van der Waals surface area contributed by atoms with Gasteiger partial charge in [0.1, 0.15) is 5.82 Å². The summed E-state index contributed by atoms with van der Waals surface area (Å²) in [7, 11) is 1.89. The SMILES string of the molecule is CCC(CC)N(CC(C)C)c1cc(F)cc(CNC)c1. The van der Waals surface area contributed by atoms with Crippen LogP contribution in [0.5, 0.6) is 0 Å². The Balaban J connectivity index is 3.11. The van der Waals surface area contributed by atoms with Crippen LogP contribution in [0.1, 0.15) is 46.1 Å². The molecule has 0 aliphatic heterocycles. The normalized spacial score (nSPS) is 11.4. The molecule has 0 amide bonds. The summed E-state index contributed by atoms with van der Waals surface area (Å²) in [6, 6.07) is 5.86. The number of rotatable bonds is 8. The monoisotopic (exact) mass is 280 g/mol. The van der Waals surface area contributed by atoms with Crippen LogP contribution < -0.4 is 10.2 Å². The summed E-state index contributed by atoms with van der Waals surface area (Å²) in [6.45, 7) is 10.5. The van der Waals surface area contributed by atoms with Crippen molar-refractivity contribution in [3.8, 4) is 0 Å². The number of anilines is 1. The molecule has 2 nitrogen and oxygen atoms in total. The van der Waals surface area contributed by atoms with Gasteiger partial charge in [0, 0.05) is 24.8 Å². The molecule has 0 aliphatic rings. The fourth-order valence-corrected chi connectivity index (χ4v) is 2.69. The van der Waals surface area contributed by atoms with Gasteiger partial charge in [-0.25, -0.2) is 4.39 Å². The second-order valence-electron chi connectivity index (χ2n) is 5.86. The number of hydrogen-bond donors (Lipinski definition) is 1. The van der Waals surface area contributed by atoms with E-state index in [0.717, 1.165) is 30.6 Å². The quantitative estimate of drug-likeness (QED) is 0.768. The molecule has 0 spiro atoms. The molecule has 1 aromatic carbocycles. The van der Waals surface area contributed by atoms with Gasteiger partial charge in [0.25, 0.3) is 0 Å². The maximum absolute atomic E-state index is 13.9. The lowest BCUT2D eigenvalue weighted by molar-refractivity contribution is 0.505. The third-order valence-corrected chi connectivity index (χ3v) is 3.60. The molecule has 1 rings (SSSR count). The topological polar surface area (TPSA) is 15.3 Å². The first-order chi connectivity index (χ1) is 9.51. The Bertz CT molecular complexity index is 400. The number of benzene rings is 1. The Labute approximate surface area is 123 Å². The van der Waals surface area contributed by atoms with Crippen molar-refractivity contribution in [3.05, 3.63) is 29.6 Å². The van der Waals surface area contributed by atoms with Gasteiger partial charge in [-0.1, -0.05) is 27.7 Å². The fourth-order valence-electron chi connectivity index (χ4n) is 2.69. The second-order valence-corrected chi connectivity index (χ2v) is 5.86. The maximum Gasteiger partial charge on any atom is 0.125 e. The van der Waals surface area contributed by atoms with E-state index in [0.29, 0.717) is 18.5 Å². The van der Waals surface area contributed by atoms with Crippen molar-refractivity contribution >= 4 is 5.69 Å². The van der Waals surface area contributed by atoms with Crippen molar-refractivity contribution in [1.29, 1.82) is 0 Å². The summed E-state index contributed by atoms with van der Waals surface area (Å²) < 4.78 is 13.9. The number of halogens is 1. The van der Waals surface area contributed by atoms with E-state index >= 15 is 0 Å². The van der Waals surface area contributed by atoms with E-state index in [-0.39, 0.29) is 5.82 Å². The van der Waals surface area contributed by atoms with Crippen LogP contribution in [0.4, 0.5) is 10.1 Å². The molecule has 20 heavy (non-hydrogen) atoms. The smallest absolute Gasteiger partial charge is 0.125 e. The van der Waals surface area contributed by atoms with Crippen LogP contribution in [0.2, 0.25) is 0 Å². The molecule has 0 fully saturated rings. The standard InChI is InChI=1S/C17H29FN2/c1-6-16(7-2)20(12-13(3)4)17-9-14(11-19-5)8-15(18)10-17/h8-10,13,16,19H,6-7,11-12H2,1-5H3. The second kappa shape index (κ2) is 8.25. The Morgan fingerprint density at radius 2 is 1.80 bits per heavy atom. The van der Waals surface area contributed by atoms with Crippen molar-refractivity contribution in [1.82, 2.24) is 5.32 Å². The van der Waals surface area contributed by atoms with Crippen molar-refractivity contribution in [2.45, 2.75) is 53.1 Å². The first-order valence-electron chi connectivity index (χ1n) is 7.72. The van der Waals surface area contributed by atoms with Crippen LogP contribution in [-0.2, 0) is 6.54 Å². The van der Waals surface area contributed by atoms with Gasteiger partial charge in [0.05, 0.1) is 0 Å². The van der Waals surface area contributed by atoms with Gasteiger partial charge in [0.2, 0.25) is 0 Å². The van der Waals surface area contributed by atoms with E-state index in [2.05, 4.69) is 44.0 Å².